The van der Waals surface area contributed by atoms with Gasteiger partial charge in [0.2, 0.25) is 0 Å². The van der Waals surface area contributed by atoms with Crippen LogP contribution in [0.4, 0.5) is 14.6 Å². The first-order chi connectivity index (χ1) is 16.2. The number of benzene rings is 1. The van der Waals surface area contributed by atoms with Gasteiger partial charge in [-0.15, -0.1) is 0 Å². The van der Waals surface area contributed by atoms with E-state index in [-0.39, 0.29) is 47.7 Å². The molecule has 1 aromatic carbocycles. The number of aromatic nitrogens is 1. The van der Waals surface area contributed by atoms with Gasteiger partial charge >= 0.3 is 5.97 Å². The number of pyridine rings is 1. The maximum absolute atomic E-state index is 15.0. The maximum atomic E-state index is 15.0. The summed E-state index contributed by atoms with van der Waals surface area (Å²) in [7, 11) is 0. The van der Waals surface area contributed by atoms with Crippen LogP contribution in [-0.4, -0.2) is 48.4 Å². The lowest BCUT2D eigenvalue weighted by Gasteiger charge is -2.49. The van der Waals surface area contributed by atoms with E-state index < -0.39 is 23.2 Å². The monoisotopic (exact) mass is 474 g/mol. The molecule has 2 fully saturated rings. The Morgan fingerprint density at radius 2 is 2.15 bits per heavy atom. The van der Waals surface area contributed by atoms with Gasteiger partial charge in [-0.3, -0.25) is 10.2 Å². The van der Waals surface area contributed by atoms with Crippen LogP contribution >= 0.6 is 0 Å². The first-order valence-electron chi connectivity index (χ1n) is 11.2. The van der Waals surface area contributed by atoms with Gasteiger partial charge < -0.3 is 24.8 Å². The molecule has 4 rings (SSSR count). The van der Waals surface area contributed by atoms with Gasteiger partial charge in [0.1, 0.15) is 30.3 Å². The number of hydrogen-bond acceptors (Lipinski definition) is 7. The van der Waals surface area contributed by atoms with E-state index in [0.717, 1.165) is 19.3 Å². The minimum atomic E-state index is -0.727. The Hall–Kier alpha value is -3.11. The summed E-state index contributed by atoms with van der Waals surface area (Å²) in [4.78, 5) is 17.6. The maximum Gasteiger partial charge on any atom is 0.313 e. The van der Waals surface area contributed by atoms with E-state index in [4.69, 9.17) is 25.4 Å². The van der Waals surface area contributed by atoms with Gasteiger partial charge in [0.15, 0.2) is 17.9 Å². The minimum absolute atomic E-state index is 0.125. The molecule has 182 valence electrons. The lowest BCUT2D eigenvalue weighted by atomic mass is 9.95. The van der Waals surface area contributed by atoms with Crippen molar-refractivity contribution in [1.29, 1.82) is 5.41 Å². The highest BCUT2D eigenvalue weighted by atomic mass is 19.1. The molecule has 0 bridgehead atoms. The molecule has 2 aromatic rings. The SMILES string of the molecule is CC1(OC2CCCCO2)CN(c2ncc(-c3cccc(COC(=O)CC(=N)N)c3F)cc2F)C1. The Balaban J connectivity index is 1.41. The van der Waals surface area contributed by atoms with Gasteiger partial charge in [-0.25, -0.2) is 13.8 Å². The molecule has 3 heterocycles. The second-order valence-electron chi connectivity index (χ2n) is 8.89. The van der Waals surface area contributed by atoms with Crippen molar-refractivity contribution in [3.63, 3.8) is 0 Å². The number of nitrogens with two attached hydrogens (primary N) is 1. The average molecular weight is 475 g/mol. The van der Waals surface area contributed by atoms with Crippen molar-refractivity contribution in [3.8, 4) is 11.1 Å². The fourth-order valence-corrected chi connectivity index (χ4v) is 4.20. The summed E-state index contributed by atoms with van der Waals surface area (Å²) in [5.74, 6) is -2.08. The number of nitrogens with one attached hydrogen (secondary N) is 1. The van der Waals surface area contributed by atoms with Crippen molar-refractivity contribution in [3.05, 3.63) is 47.7 Å². The van der Waals surface area contributed by atoms with Crippen LogP contribution in [0.1, 0.15) is 38.2 Å². The van der Waals surface area contributed by atoms with Crippen molar-refractivity contribution in [2.75, 3.05) is 24.6 Å². The number of amidine groups is 1. The van der Waals surface area contributed by atoms with E-state index in [1.54, 1.807) is 11.0 Å². The average Bonchev–Trinajstić information content (AvgIpc) is 2.77. The minimum Gasteiger partial charge on any atom is -0.460 e. The van der Waals surface area contributed by atoms with Crippen LogP contribution in [0, 0.1) is 17.0 Å². The van der Waals surface area contributed by atoms with Crippen molar-refractivity contribution in [2.45, 2.75) is 51.1 Å². The van der Waals surface area contributed by atoms with Crippen molar-refractivity contribution >= 4 is 17.6 Å². The molecule has 2 saturated heterocycles. The molecular weight excluding hydrogens is 446 g/mol. The fraction of sp³-hybridized carbons (Fsp3) is 0.458. The predicted octanol–water partition coefficient (Wildman–Crippen LogP) is 3.52. The van der Waals surface area contributed by atoms with Gasteiger partial charge in [-0.05, 0) is 32.3 Å². The Bertz CT molecular complexity index is 1070. The van der Waals surface area contributed by atoms with Crippen LogP contribution in [0.15, 0.2) is 30.5 Å². The van der Waals surface area contributed by atoms with Crippen LogP contribution in [0.5, 0.6) is 0 Å². The number of halogens is 2. The predicted molar refractivity (Wildman–Crippen MR) is 121 cm³/mol. The van der Waals surface area contributed by atoms with Crippen LogP contribution in [0.2, 0.25) is 0 Å². The highest BCUT2D eigenvalue weighted by Gasteiger charge is 2.43. The fourth-order valence-electron chi connectivity index (χ4n) is 4.20. The zero-order valence-electron chi connectivity index (χ0n) is 19.0. The quantitative estimate of drug-likeness (QED) is 0.342. The molecule has 2 aliphatic rings. The molecule has 1 aromatic heterocycles. The van der Waals surface area contributed by atoms with Crippen molar-refractivity contribution < 1.29 is 27.8 Å². The first-order valence-corrected chi connectivity index (χ1v) is 11.2. The third-order valence-corrected chi connectivity index (χ3v) is 5.84. The Morgan fingerprint density at radius 3 is 2.82 bits per heavy atom. The molecule has 1 unspecified atom stereocenters. The molecule has 0 spiro atoms. The third kappa shape index (κ3) is 5.51. The lowest BCUT2D eigenvalue weighted by Crippen LogP contribution is -2.63. The Kier molecular flexibility index (Phi) is 7.08. The number of carbonyl (C=O) groups is 1. The summed E-state index contributed by atoms with van der Waals surface area (Å²) < 4.78 is 46.6. The van der Waals surface area contributed by atoms with Gasteiger partial charge in [0.25, 0.3) is 0 Å². The number of rotatable bonds is 8. The van der Waals surface area contributed by atoms with E-state index >= 15 is 4.39 Å². The normalized spacial score (nSPS) is 19.4. The van der Waals surface area contributed by atoms with Crippen molar-refractivity contribution in [2.24, 2.45) is 5.73 Å². The van der Waals surface area contributed by atoms with Crippen LogP contribution in [0.25, 0.3) is 11.1 Å². The molecule has 0 saturated carbocycles. The largest absolute Gasteiger partial charge is 0.460 e. The van der Waals surface area contributed by atoms with E-state index in [1.165, 1.54) is 24.4 Å². The molecule has 2 aliphatic heterocycles. The number of carbonyl (C=O) groups excluding carboxylic acids is 1. The summed E-state index contributed by atoms with van der Waals surface area (Å²) in [6.07, 6.45) is 3.80. The molecule has 1 atom stereocenters. The van der Waals surface area contributed by atoms with Gasteiger partial charge in [-0.1, -0.05) is 18.2 Å². The van der Waals surface area contributed by atoms with E-state index in [1.807, 2.05) is 6.92 Å². The number of hydrogen-bond donors (Lipinski definition) is 2. The number of ether oxygens (including phenoxy) is 3. The van der Waals surface area contributed by atoms with Gasteiger partial charge in [0.05, 0.1) is 13.1 Å². The van der Waals surface area contributed by atoms with E-state index in [2.05, 4.69) is 4.98 Å². The summed E-state index contributed by atoms with van der Waals surface area (Å²) >= 11 is 0. The number of esters is 1. The summed E-state index contributed by atoms with van der Waals surface area (Å²) in [5, 5.41) is 7.11. The number of nitrogens with zero attached hydrogens (tertiary/aromatic N) is 2. The topological polar surface area (TPSA) is 111 Å². The highest BCUT2D eigenvalue weighted by molar-refractivity contribution is 5.94. The smallest absolute Gasteiger partial charge is 0.313 e. The highest BCUT2D eigenvalue weighted by Crippen LogP contribution is 2.35. The third-order valence-electron chi connectivity index (χ3n) is 5.84. The van der Waals surface area contributed by atoms with Crippen LogP contribution < -0.4 is 10.6 Å². The van der Waals surface area contributed by atoms with E-state index in [0.29, 0.717) is 19.7 Å². The standard InChI is InChI=1S/C24H28F2N4O4/c1-24(34-21-7-2-3-8-32-21)13-30(14-24)23-18(25)9-16(11-29-23)17-6-4-5-15(22(17)26)12-33-20(31)10-19(27)28/h4-6,9,11,21H,2-3,7-8,10,12-14H2,1H3,(H3,27,28). The second kappa shape index (κ2) is 10.0. The molecule has 0 radical (unpaired) electrons. The molecule has 0 amide bonds. The summed E-state index contributed by atoms with van der Waals surface area (Å²) in [6.45, 7) is 3.30. The molecule has 8 nitrogen and oxygen atoms in total. The van der Waals surface area contributed by atoms with Gasteiger partial charge in [-0.2, -0.15) is 0 Å². The summed E-state index contributed by atoms with van der Waals surface area (Å²) in [6, 6.07) is 5.80. The molecule has 0 aliphatic carbocycles. The van der Waals surface area contributed by atoms with Crippen LogP contribution in [0.3, 0.4) is 0 Å². The second-order valence-corrected chi connectivity index (χ2v) is 8.89. The molecular formula is C24H28F2N4O4. The van der Waals surface area contributed by atoms with Crippen molar-refractivity contribution in [1.82, 2.24) is 4.98 Å². The first kappa shape index (κ1) is 24.0. The van der Waals surface area contributed by atoms with Gasteiger partial charge in [0, 0.05) is 29.5 Å². The zero-order chi connectivity index (χ0) is 24.3. The zero-order valence-corrected chi connectivity index (χ0v) is 19.0. The molecule has 34 heavy (non-hydrogen) atoms. The Labute approximate surface area is 196 Å². The van der Waals surface area contributed by atoms with E-state index in [9.17, 15) is 9.18 Å². The molecule has 10 heteroatoms. The lowest BCUT2D eigenvalue weighted by molar-refractivity contribution is -0.226. The molecule has 3 N–H and O–H groups in total. The number of anilines is 1. The van der Waals surface area contributed by atoms with Crippen LogP contribution in [-0.2, 0) is 25.6 Å². The summed E-state index contributed by atoms with van der Waals surface area (Å²) in [5.41, 5.74) is 5.26. The Morgan fingerprint density at radius 1 is 1.35 bits per heavy atom.